The predicted molar refractivity (Wildman–Crippen MR) is 208 cm³/mol. The SMILES string of the molecule is CC/C=C/C/C=C/CCCCC(=O)OCC(COCCC(C(=O)[O-])[N+](C)(C)C)OC(=O)CCCCCCC/C=C/C=C/CCCCCCCCC. The number of hydrogen-bond donors (Lipinski definition) is 0. The summed E-state index contributed by atoms with van der Waals surface area (Å²) in [4.78, 5) is 36.6. The Morgan fingerprint density at radius 3 is 1.76 bits per heavy atom. The largest absolute Gasteiger partial charge is 0.544 e. The number of hydrogen-bond acceptors (Lipinski definition) is 7. The number of carboxylic acid groups (broad SMARTS) is 1. The van der Waals surface area contributed by atoms with Crippen molar-refractivity contribution in [2.45, 2.75) is 167 Å². The van der Waals surface area contributed by atoms with E-state index < -0.39 is 18.1 Å². The number of rotatable bonds is 35. The summed E-state index contributed by atoms with van der Waals surface area (Å²) < 4.78 is 17.0. The van der Waals surface area contributed by atoms with Crippen molar-refractivity contribution in [1.29, 1.82) is 0 Å². The number of aliphatic carboxylic acids is 1. The lowest BCUT2D eigenvalue weighted by molar-refractivity contribution is -0.889. The predicted octanol–water partition coefficient (Wildman–Crippen LogP) is 9.13. The van der Waals surface area contributed by atoms with Gasteiger partial charge in [0, 0.05) is 19.3 Å². The Labute approximate surface area is 312 Å². The van der Waals surface area contributed by atoms with E-state index in [0.717, 1.165) is 77.0 Å². The van der Waals surface area contributed by atoms with Gasteiger partial charge in [0.05, 0.1) is 40.3 Å². The quantitative estimate of drug-likeness (QED) is 0.0212. The average molecular weight is 718 g/mol. The molecule has 0 saturated carbocycles. The standard InChI is InChI=1S/C43H75NO7/c1-6-8-10-12-14-16-17-18-19-20-21-22-23-24-26-28-30-32-34-42(46)51-39(37-49-36-35-40(43(47)48)44(3,4)5)38-50-41(45)33-31-29-27-25-15-13-11-9-7-2/h9,11,15,19-22,25,39-40H,6-8,10,12-14,16-18,23-24,26-38H2,1-5H3/b11-9+,20-19+,22-21+,25-15+. The van der Waals surface area contributed by atoms with Crippen LogP contribution >= 0.6 is 0 Å². The normalized spacial score (nSPS) is 13.5. The van der Waals surface area contributed by atoms with Crippen molar-refractivity contribution < 1.29 is 38.2 Å². The van der Waals surface area contributed by atoms with E-state index in [0.29, 0.717) is 12.8 Å². The Morgan fingerprint density at radius 1 is 0.627 bits per heavy atom. The van der Waals surface area contributed by atoms with Crippen molar-refractivity contribution in [3.05, 3.63) is 48.6 Å². The second-order valence-corrected chi connectivity index (χ2v) is 14.5. The van der Waals surface area contributed by atoms with Crippen LogP contribution in [-0.2, 0) is 28.6 Å². The Morgan fingerprint density at radius 2 is 1.16 bits per heavy atom. The third kappa shape index (κ3) is 32.9. The molecule has 8 nitrogen and oxygen atoms in total. The van der Waals surface area contributed by atoms with Crippen molar-refractivity contribution in [2.24, 2.45) is 0 Å². The van der Waals surface area contributed by atoms with E-state index in [1.165, 1.54) is 44.9 Å². The Balaban J connectivity index is 4.41. The summed E-state index contributed by atoms with van der Waals surface area (Å²) in [7, 11) is 5.38. The number of esters is 2. The van der Waals surface area contributed by atoms with Crippen LogP contribution < -0.4 is 5.11 Å². The number of carboxylic acids is 1. The second kappa shape index (κ2) is 34.4. The molecule has 0 rings (SSSR count). The van der Waals surface area contributed by atoms with Crippen LogP contribution in [0.15, 0.2) is 48.6 Å². The zero-order valence-electron chi connectivity index (χ0n) is 33.3. The number of ether oxygens (including phenoxy) is 3. The van der Waals surface area contributed by atoms with Gasteiger partial charge in [-0.05, 0) is 64.2 Å². The van der Waals surface area contributed by atoms with Gasteiger partial charge in [-0.15, -0.1) is 0 Å². The second-order valence-electron chi connectivity index (χ2n) is 14.5. The number of likely N-dealkylation sites (N-methyl/N-ethyl adjacent to an activating group) is 1. The minimum absolute atomic E-state index is 0.0229. The molecule has 0 aromatic rings. The van der Waals surface area contributed by atoms with E-state index in [1.807, 2.05) is 0 Å². The summed E-state index contributed by atoms with van der Waals surface area (Å²) in [6.45, 7) is 4.46. The summed E-state index contributed by atoms with van der Waals surface area (Å²) in [5.41, 5.74) is 0. The van der Waals surface area contributed by atoms with Gasteiger partial charge in [-0.25, -0.2) is 0 Å². The fraction of sp³-hybridized carbons (Fsp3) is 0.744. The number of nitrogens with zero attached hydrogens (tertiary/aromatic N) is 1. The Kier molecular flexibility index (Phi) is 32.6. The summed E-state index contributed by atoms with van der Waals surface area (Å²) >= 11 is 0. The van der Waals surface area contributed by atoms with Crippen molar-refractivity contribution >= 4 is 17.9 Å². The third-order valence-corrected chi connectivity index (χ3v) is 8.73. The van der Waals surface area contributed by atoms with Crippen molar-refractivity contribution in [3.8, 4) is 0 Å². The smallest absolute Gasteiger partial charge is 0.306 e. The summed E-state index contributed by atoms with van der Waals surface area (Å²) in [5.74, 6) is -1.81. The topological polar surface area (TPSA) is 102 Å². The van der Waals surface area contributed by atoms with Gasteiger partial charge < -0.3 is 28.6 Å². The highest BCUT2D eigenvalue weighted by Crippen LogP contribution is 2.12. The Bertz CT molecular complexity index is 979. The molecule has 0 aliphatic heterocycles. The van der Waals surface area contributed by atoms with E-state index in [2.05, 4.69) is 62.5 Å². The maximum absolute atomic E-state index is 12.7. The van der Waals surface area contributed by atoms with E-state index in [1.54, 1.807) is 21.1 Å². The zero-order valence-corrected chi connectivity index (χ0v) is 33.3. The van der Waals surface area contributed by atoms with Gasteiger partial charge in [-0.3, -0.25) is 9.59 Å². The maximum atomic E-state index is 12.7. The summed E-state index contributed by atoms with van der Waals surface area (Å²) in [6, 6.07) is -0.733. The molecule has 2 atom stereocenters. The zero-order chi connectivity index (χ0) is 37.8. The fourth-order valence-electron chi connectivity index (χ4n) is 5.57. The van der Waals surface area contributed by atoms with E-state index in [9.17, 15) is 19.5 Å². The minimum Gasteiger partial charge on any atom is -0.544 e. The van der Waals surface area contributed by atoms with Gasteiger partial charge in [0.25, 0.3) is 0 Å². The fourth-order valence-corrected chi connectivity index (χ4v) is 5.57. The molecule has 0 aromatic heterocycles. The molecule has 0 heterocycles. The van der Waals surface area contributed by atoms with E-state index in [-0.39, 0.29) is 42.7 Å². The third-order valence-electron chi connectivity index (χ3n) is 8.73. The molecule has 8 heteroatoms. The molecule has 0 radical (unpaired) electrons. The van der Waals surface area contributed by atoms with Gasteiger partial charge in [-0.2, -0.15) is 0 Å². The molecule has 0 N–H and O–H groups in total. The molecule has 294 valence electrons. The lowest BCUT2D eigenvalue weighted by Crippen LogP contribution is -2.55. The van der Waals surface area contributed by atoms with Crippen LogP contribution in [-0.4, -0.2) is 75.5 Å². The molecular formula is C43H75NO7. The van der Waals surface area contributed by atoms with Crippen LogP contribution in [0.4, 0.5) is 0 Å². The molecule has 0 aromatic carbocycles. The van der Waals surface area contributed by atoms with E-state index in [4.69, 9.17) is 14.2 Å². The maximum Gasteiger partial charge on any atom is 0.306 e. The first-order valence-corrected chi connectivity index (χ1v) is 20.2. The molecular weight excluding hydrogens is 642 g/mol. The lowest BCUT2D eigenvalue weighted by atomic mass is 10.1. The minimum atomic E-state index is -1.13. The van der Waals surface area contributed by atoms with Crippen LogP contribution in [0.3, 0.4) is 0 Å². The van der Waals surface area contributed by atoms with Crippen LogP contribution in [0.2, 0.25) is 0 Å². The highest BCUT2D eigenvalue weighted by atomic mass is 16.6. The van der Waals surface area contributed by atoms with Gasteiger partial charge in [-0.1, -0.05) is 120 Å². The highest BCUT2D eigenvalue weighted by Gasteiger charge is 2.25. The molecule has 0 aliphatic carbocycles. The number of unbranched alkanes of at least 4 members (excludes halogenated alkanes) is 14. The Hall–Kier alpha value is -2.71. The monoisotopic (exact) mass is 718 g/mol. The molecule has 0 bridgehead atoms. The number of quaternary nitrogens is 1. The van der Waals surface area contributed by atoms with Crippen LogP contribution in [0.1, 0.15) is 155 Å². The van der Waals surface area contributed by atoms with Crippen molar-refractivity contribution in [2.75, 3.05) is 41.0 Å². The van der Waals surface area contributed by atoms with E-state index >= 15 is 0 Å². The molecule has 0 fully saturated rings. The number of allylic oxidation sites excluding steroid dienone is 8. The first-order valence-electron chi connectivity index (χ1n) is 20.2. The van der Waals surface area contributed by atoms with Gasteiger partial charge in [0.1, 0.15) is 12.6 Å². The van der Waals surface area contributed by atoms with Crippen molar-refractivity contribution in [1.82, 2.24) is 0 Å². The molecule has 51 heavy (non-hydrogen) atoms. The molecule has 0 saturated heterocycles. The van der Waals surface area contributed by atoms with Gasteiger partial charge in [0.2, 0.25) is 0 Å². The van der Waals surface area contributed by atoms with Crippen LogP contribution in [0, 0.1) is 0 Å². The molecule has 0 spiro atoms. The van der Waals surface area contributed by atoms with Crippen molar-refractivity contribution in [3.63, 3.8) is 0 Å². The summed E-state index contributed by atoms with van der Waals surface area (Å²) in [6.07, 6.45) is 38.7. The summed E-state index contributed by atoms with van der Waals surface area (Å²) in [5, 5.41) is 11.6. The first kappa shape index (κ1) is 48.3. The first-order chi connectivity index (χ1) is 24.6. The van der Waals surface area contributed by atoms with Gasteiger partial charge >= 0.3 is 11.9 Å². The van der Waals surface area contributed by atoms with Gasteiger partial charge in [0.15, 0.2) is 6.10 Å². The van der Waals surface area contributed by atoms with Crippen LogP contribution in [0.5, 0.6) is 0 Å². The lowest BCUT2D eigenvalue weighted by Gasteiger charge is -2.34. The highest BCUT2D eigenvalue weighted by molar-refractivity contribution is 5.70. The number of carbonyl (C=O) groups is 3. The molecule has 0 amide bonds. The van der Waals surface area contributed by atoms with Crippen LogP contribution in [0.25, 0.3) is 0 Å². The molecule has 0 aliphatic rings. The number of carbonyl (C=O) groups excluding carboxylic acids is 3. The average Bonchev–Trinajstić information content (AvgIpc) is 3.08. The molecule has 2 unspecified atom stereocenters.